The maximum Gasteiger partial charge on any atom is 0.326 e. The summed E-state index contributed by atoms with van der Waals surface area (Å²) in [5, 5.41) is 14.5. The van der Waals surface area contributed by atoms with Crippen molar-refractivity contribution in [2.45, 2.75) is 51.6 Å². The lowest BCUT2D eigenvalue weighted by atomic mass is 9.99. The summed E-state index contributed by atoms with van der Waals surface area (Å²) in [5.41, 5.74) is 0. The Kier molecular flexibility index (Phi) is 6.78. The lowest BCUT2D eigenvalue weighted by molar-refractivity contribution is -0.140. The molecule has 3 atom stereocenters. The zero-order chi connectivity index (χ0) is 15.1. The lowest BCUT2D eigenvalue weighted by Crippen LogP contribution is -2.52. The van der Waals surface area contributed by atoms with E-state index in [-0.39, 0.29) is 5.92 Å². The van der Waals surface area contributed by atoms with E-state index in [2.05, 4.69) is 22.6 Å². The van der Waals surface area contributed by atoms with Crippen LogP contribution in [0.2, 0.25) is 0 Å². The van der Waals surface area contributed by atoms with Crippen molar-refractivity contribution < 1.29 is 14.7 Å². The maximum absolute atomic E-state index is 11.8. The Morgan fingerprint density at radius 3 is 2.65 bits per heavy atom. The van der Waals surface area contributed by atoms with Crippen LogP contribution in [-0.4, -0.2) is 54.2 Å². The fourth-order valence-corrected chi connectivity index (χ4v) is 2.49. The van der Waals surface area contributed by atoms with E-state index in [4.69, 9.17) is 5.11 Å². The minimum Gasteiger partial charge on any atom is -0.480 e. The highest BCUT2D eigenvalue weighted by Crippen LogP contribution is 2.14. The maximum atomic E-state index is 11.8. The van der Waals surface area contributed by atoms with Gasteiger partial charge < -0.3 is 20.6 Å². The average molecular weight is 285 g/mol. The SMILES string of the molecule is CC[C@H](C)[C@H](NC(=O)NCC1CCCCN1C)C(=O)O. The number of rotatable bonds is 6. The molecule has 1 rings (SSSR count). The van der Waals surface area contributed by atoms with Gasteiger partial charge in [0, 0.05) is 12.6 Å². The van der Waals surface area contributed by atoms with E-state index >= 15 is 0 Å². The molecule has 1 heterocycles. The Bertz CT molecular complexity index is 336. The van der Waals surface area contributed by atoms with Crippen molar-refractivity contribution in [3.8, 4) is 0 Å². The summed E-state index contributed by atoms with van der Waals surface area (Å²) in [6.07, 6.45) is 4.17. The first-order chi connectivity index (χ1) is 9.45. The molecule has 1 fully saturated rings. The Morgan fingerprint density at radius 1 is 1.40 bits per heavy atom. The van der Waals surface area contributed by atoms with Crippen molar-refractivity contribution in [3.63, 3.8) is 0 Å². The van der Waals surface area contributed by atoms with Crippen LogP contribution in [0.15, 0.2) is 0 Å². The van der Waals surface area contributed by atoms with E-state index in [0.29, 0.717) is 19.0 Å². The summed E-state index contributed by atoms with van der Waals surface area (Å²) in [5.74, 6) is -1.07. The normalized spacial score (nSPS) is 22.9. The van der Waals surface area contributed by atoms with Crippen LogP contribution in [-0.2, 0) is 4.79 Å². The molecule has 116 valence electrons. The van der Waals surface area contributed by atoms with Crippen LogP contribution < -0.4 is 10.6 Å². The Morgan fingerprint density at radius 2 is 2.10 bits per heavy atom. The molecule has 1 aliphatic rings. The number of aliphatic carboxylic acids is 1. The molecule has 0 aromatic carbocycles. The van der Waals surface area contributed by atoms with Gasteiger partial charge in [0.2, 0.25) is 0 Å². The Labute approximate surface area is 120 Å². The van der Waals surface area contributed by atoms with Crippen LogP contribution in [0.5, 0.6) is 0 Å². The molecule has 0 aliphatic carbocycles. The molecule has 1 aliphatic heterocycles. The van der Waals surface area contributed by atoms with Gasteiger partial charge in [-0.2, -0.15) is 0 Å². The van der Waals surface area contributed by atoms with Gasteiger partial charge in [-0.25, -0.2) is 9.59 Å². The molecule has 3 N–H and O–H groups in total. The second kappa shape index (κ2) is 8.09. The number of amides is 2. The topological polar surface area (TPSA) is 81.7 Å². The van der Waals surface area contributed by atoms with Crippen LogP contribution in [0.25, 0.3) is 0 Å². The number of carbonyl (C=O) groups is 2. The van der Waals surface area contributed by atoms with Crippen LogP contribution in [0.1, 0.15) is 39.5 Å². The van der Waals surface area contributed by atoms with Gasteiger partial charge in [-0.15, -0.1) is 0 Å². The summed E-state index contributed by atoms with van der Waals surface area (Å²) >= 11 is 0. The van der Waals surface area contributed by atoms with Gasteiger partial charge in [0.1, 0.15) is 6.04 Å². The molecule has 20 heavy (non-hydrogen) atoms. The van der Waals surface area contributed by atoms with E-state index in [1.807, 2.05) is 13.8 Å². The van der Waals surface area contributed by atoms with Gasteiger partial charge in [0.15, 0.2) is 0 Å². The first kappa shape index (κ1) is 16.8. The van der Waals surface area contributed by atoms with Crippen LogP contribution in [0.3, 0.4) is 0 Å². The molecule has 6 heteroatoms. The van der Waals surface area contributed by atoms with E-state index < -0.39 is 18.0 Å². The molecule has 1 unspecified atom stereocenters. The van der Waals surface area contributed by atoms with Crippen LogP contribution >= 0.6 is 0 Å². The third kappa shape index (κ3) is 5.00. The fourth-order valence-electron chi connectivity index (χ4n) is 2.49. The molecule has 0 aromatic heterocycles. The molecule has 0 radical (unpaired) electrons. The van der Waals surface area contributed by atoms with E-state index in [9.17, 15) is 9.59 Å². The molecular formula is C14H27N3O3. The number of likely N-dealkylation sites (N-methyl/N-ethyl adjacent to an activating group) is 1. The van der Waals surface area contributed by atoms with Crippen molar-refractivity contribution in [1.29, 1.82) is 0 Å². The smallest absolute Gasteiger partial charge is 0.326 e. The first-order valence-electron chi connectivity index (χ1n) is 7.43. The number of carboxylic acids is 1. The number of nitrogens with zero attached hydrogens (tertiary/aromatic N) is 1. The van der Waals surface area contributed by atoms with Gasteiger partial charge in [0.25, 0.3) is 0 Å². The number of nitrogens with one attached hydrogen (secondary N) is 2. The van der Waals surface area contributed by atoms with Gasteiger partial charge >= 0.3 is 12.0 Å². The van der Waals surface area contributed by atoms with Crippen molar-refractivity contribution >= 4 is 12.0 Å². The van der Waals surface area contributed by atoms with Crippen molar-refractivity contribution in [3.05, 3.63) is 0 Å². The summed E-state index contributed by atoms with van der Waals surface area (Å²) < 4.78 is 0. The predicted molar refractivity (Wildman–Crippen MR) is 77.7 cm³/mol. The van der Waals surface area contributed by atoms with Crippen LogP contribution in [0, 0.1) is 5.92 Å². The quantitative estimate of drug-likeness (QED) is 0.686. The number of hydrogen-bond donors (Lipinski definition) is 3. The lowest BCUT2D eigenvalue weighted by Gasteiger charge is -2.32. The molecule has 2 amide bonds. The second-order valence-corrected chi connectivity index (χ2v) is 5.69. The predicted octanol–water partition coefficient (Wildman–Crippen LogP) is 1.27. The second-order valence-electron chi connectivity index (χ2n) is 5.69. The summed E-state index contributed by atoms with van der Waals surface area (Å²) in [6, 6.07) is -0.873. The van der Waals surface area contributed by atoms with Gasteiger partial charge in [-0.1, -0.05) is 26.7 Å². The molecule has 0 bridgehead atoms. The third-order valence-corrected chi connectivity index (χ3v) is 4.19. The van der Waals surface area contributed by atoms with Gasteiger partial charge in [-0.3, -0.25) is 0 Å². The molecule has 0 saturated carbocycles. The van der Waals surface area contributed by atoms with Crippen molar-refractivity contribution in [2.75, 3.05) is 20.1 Å². The van der Waals surface area contributed by atoms with E-state index in [1.54, 1.807) is 0 Å². The fraction of sp³-hybridized carbons (Fsp3) is 0.857. The monoisotopic (exact) mass is 285 g/mol. The number of hydrogen-bond acceptors (Lipinski definition) is 3. The zero-order valence-corrected chi connectivity index (χ0v) is 12.7. The third-order valence-electron chi connectivity index (χ3n) is 4.19. The molecule has 1 saturated heterocycles. The average Bonchev–Trinajstić information content (AvgIpc) is 2.42. The zero-order valence-electron chi connectivity index (χ0n) is 12.7. The highest BCUT2D eigenvalue weighted by Gasteiger charge is 2.26. The number of urea groups is 1. The summed E-state index contributed by atoms with van der Waals surface area (Å²) in [4.78, 5) is 25.2. The Balaban J connectivity index is 2.39. The molecular weight excluding hydrogens is 258 g/mol. The standard InChI is InChI=1S/C14H27N3O3/c1-4-10(2)12(13(18)19)16-14(20)15-9-11-7-5-6-8-17(11)3/h10-12H,4-9H2,1-3H3,(H,18,19)(H2,15,16,20)/t10-,11?,12-/m0/s1. The highest BCUT2D eigenvalue weighted by atomic mass is 16.4. The first-order valence-corrected chi connectivity index (χ1v) is 7.43. The largest absolute Gasteiger partial charge is 0.480 e. The van der Waals surface area contributed by atoms with Gasteiger partial charge in [-0.05, 0) is 32.4 Å². The van der Waals surface area contributed by atoms with E-state index in [0.717, 1.165) is 13.0 Å². The minimum atomic E-state index is -0.982. The summed E-state index contributed by atoms with van der Waals surface area (Å²) in [7, 11) is 2.06. The van der Waals surface area contributed by atoms with E-state index in [1.165, 1.54) is 12.8 Å². The van der Waals surface area contributed by atoms with Crippen molar-refractivity contribution in [2.24, 2.45) is 5.92 Å². The minimum absolute atomic E-state index is 0.0874. The highest BCUT2D eigenvalue weighted by molar-refractivity contribution is 5.82. The molecule has 6 nitrogen and oxygen atoms in total. The molecule has 0 spiro atoms. The summed E-state index contributed by atoms with van der Waals surface area (Å²) in [6.45, 7) is 5.36. The van der Waals surface area contributed by atoms with Gasteiger partial charge in [0.05, 0.1) is 0 Å². The number of piperidine rings is 1. The van der Waals surface area contributed by atoms with Crippen LogP contribution in [0.4, 0.5) is 4.79 Å². The number of likely N-dealkylation sites (tertiary alicyclic amines) is 1. The Hall–Kier alpha value is -1.30. The number of carboxylic acid groups (broad SMARTS) is 1. The number of carbonyl (C=O) groups excluding carboxylic acids is 1. The molecule has 0 aromatic rings. The van der Waals surface area contributed by atoms with Crippen molar-refractivity contribution in [1.82, 2.24) is 15.5 Å².